The Kier molecular flexibility index (Phi) is 6.12. The molecule has 0 saturated carbocycles. The Hall–Kier alpha value is -5.80. The summed E-state index contributed by atoms with van der Waals surface area (Å²) in [7, 11) is 0. The van der Waals surface area contributed by atoms with E-state index in [1.54, 1.807) is 0 Å². The van der Waals surface area contributed by atoms with Crippen molar-refractivity contribution in [2.24, 2.45) is 0 Å². The molecular formula is C40H26N2O. The van der Waals surface area contributed by atoms with Crippen molar-refractivity contribution in [3.8, 4) is 56.2 Å². The van der Waals surface area contributed by atoms with Crippen LogP contribution in [0, 0.1) is 0 Å². The zero-order chi connectivity index (χ0) is 28.6. The number of rotatable bonds is 5. The van der Waals surface area contributed by atoms with Gasteiger partial charge in [-0.1, -0.05) is 115 Å². The summed E-state index contributed by atoms with van der Waals surface area (Å²) in [5.74, 6) is 0.684. The molecule has 0 radical (unpaired) electrons. The maximum absolute atomic E-state index is 6.23. The van der Waals surface area contributed by atoms with Crippen molar-refractivity contribution in [3.63, 3.8) is 0 Å². The molecule has 0 unspecified atom stereocenters. The van der Waals surface area contributed by atoms with Crippen molar-refractivity contribution >= 4 is 21.9 Å². The number of hydrogen-bond acceptors (Lipinski definition) is 3. The predicted octanol–water partition coefficient (Wildman–Crippen LogP) is 10.7. The summed E-state index contributed by atoms with van der Waals surface area (Å²) in [5, 5.41) is 2.21. The first-order chi connectivity index (χ1) is 21.3. The fraction of sp³-hybridized carbons (Fsp3) is 0. The molecule has 2 heterocycles. The molecular weight excluding hydrogens is 524 g/mol. The Morgan fingerprint density at radius 2 is 0.837 bits per heavy atom. The molecule has 0 aliphatic rings. The van der Waals surface area contributed by atoms with E-state index in [-0.39, 0.29) is 0 Å². The molecule has 0 atom stereocenters. The number of furan rings is 1. The van der Waals surface area contributed by atoms with Gasteiger partial charge in [-0.15, -0.1) is 0 Å². The van der Waals surface area contributed by atoms with Gasteiger partial charge in [0, 0.05) is 27.5 Å². The smallest absolute Gasteiger partial charge is 0.160 e. The Balaban J connectivity index is 1.34. The first-order valence-electron chi connectivity index (χ1n) is 14.4. The lowest BCUT2D eigenvalue weighted by Gasteiger charge is -2.13. The molecule has 2 aromatic heterocycles. The van der Waals surface area contributed by atoms with E-state index in [4.69, 9.17) is 14.4 Å². The molecule has 8 rings (SSSR count). The van der Waals surface area contributed by atoms with Crippen molar-refractivity contribution in [1.29, 1.82) is 0 Å². The topological polar surface area (TPSA) is 38.9 Å². The molecule has 8 aromatic rings. The minimum absolute atomic E-state index is 0.684. The van der Waals surface area contributed by atoms with Crippen LogP contribution in [0.4, 0.5) is 0 Å². The predicted molar refractivity (Wildman–Crippen MR) is 176 cm³/mol. The van der Waals surface area contributed by atoms with Gasteiger partial charge >= 0.3 is 0 Å². The van der Waals surface area contributed by atoms with Crippen molar-refractivity contribution < 1.29 is 4.42 Å². The Morgan fingerprint density at radius 1 is 0.326 bits per heavy atom. The highest BCUT2D eigenvalue weighted by Gasteiger charge is 2.15. The van der Waals surface area contributed by atoms with E-state index in [1.165, 1.54) is 0 Å². The van der Waals surface area contributed by atoms with Gasteiger partial charge in [0.25, 0.3) is 0 Å². The number of hydrogen-bond donors (Lipinski definition) is 0. The van der Waals surface area contributed by atoms with E-state index in [0.29, 0.717) is 5.82 Å². The summed E-state index contributed by atoms with van der Waals surface area (Å²) in [5.41, 5.74) is 11.0. The van der Waals surface area contributed by atoms with E-state index >= 15 is 0 Å². The second kappa shape index (κ2) is 10.6. The number of fused-ring (bicyclic) bond motifs is 3. The van der Waals surface area contributed by atoms with Gasteiger partial charge in [0.1, 0.15) is 11.2 Å². The summed E-state index contributed by atoms with van der Waals surface area (Å²) in [6.07, 6.45) is 0. The SMILES string of the molecule is c1ccc(-c2cc(-c3ccccc3)cc(-c3cc(-c4ccc5c(c4)oc4ccccc45)nc(-c4ccccc4)n3)c2)cc1. The molecule has 0 amide bonds. The van der Waals surface area contributed by atoms with Crippen molar-refractivity contribution in [2.45, 2.75) is 0 Å². The van der Waals surface area contributed by atoms with Crippen LogP contribution in [0.15, 0.2) is 162 Å². The van der Waals surface area contributed by atoms with Crippen LogP contribution in [-0.4, -0.2) is 9.97 Å². The van der Waals surface area contributed by atoms with Crippen LogP contribution in [0.2, 0.25) is 0 Å². The third kappa shape index (κ3) is 4.77. The minimum atomic E-state index is 0.684. The maximum atomic E-state index is 6.23. The quantitative estimate of drug-likeness (QED) is 0.214. The van der Waals surface area contributed by atoms with Crippen molar-refractivity contribution in [1.82, 2.24) is 9.97 Å². The van der Waals surface area contributed by atoms with Gasteiger partial charge in [-0.3, -0.25) is 0 Å². The fourth-order valence-electron chi connectivity index (χ4n) is 5.71. The zero-order valence-electron chi connectivity index (χ0n) is 23.3. The lowest BCUT2D eigenvalue weighted by Crippen LogP contribution is -1.96. The van der Waals surface area contributed by atoms with E-state index in [1.807, 2.05) is 48.5 Å². The van der Waals surface area contributed by atoms with Crippen LogP contribution in [0.25, 0.3) is 78.1 Å². The first kappa shape index (κ1) is 25.0. The van der Waals surface area contributed by atoms with Gasteiger partial charge in [-0.2, -0.15) is 0 Å². The van der Waals surface area contributed by atoms with Gasteiger partial charge < -0.3 is 4.42 Å². The van der Waals surface area contributed by atoms with Crippen LogP contribution in [-0.2, 0) is 0 Å². The summed E-state index contributed by atoms with van der Waals surface area (Å²) in [6.45, 7) is 0. The Bertz CT molecular complexity index is 2160. The Morgan fingerprint density at radius 3 is 1.49 bits per heavy atom. The highest BCUT2D eigenvalue weighted by atomic mass is 16.3. The highest BCUT2D eigenvalue weighted by Crippen LogP contribution is 2.36. The third-order valence-electron chi connectivity index (χ3n) is 7.88. The third-order valence-corrected chi connectivity index (χ3v) is 7.88. The molecule has 3 heteroatoms. The van der Waals surface area contributed by atoms with Gasteiger partial charge in [0.2, 0.25) is 0 Å². The van der Waals surface area contributed by atoms with Crippen LogP contribution >= 0.6 is 0 Å². The second-order valence-corrected chi connectivity index (χ2v) is 10.7. The monoisotopic (exact) mass is 550 g/mol. The molecule has 0 saturated heterocycles. The lowest BCUT2D eigenvalue weighted by atomic mass is 9.94. The molecule has 3 nitrogen and oxygen atoms in total. The molecule has 0 aliphatic heterocycles. The summed E-state index contributed by atoms with van der Waals surface area (Å²) in [6, 6.07) is 54.5. The molecule has 43 heavy (non-hydrogen) atoms. The van der Waals surface area contributed by atoms with E-state index in [2.05, 4.69) is 109 Å². The summed E-state index contributed by atoms with van der Waals surface area (Å²) in [4.78, 5) is 10.2. The average Bonchev–Trinajstić information content (AvgIpc) is 3.47. The van der Waals surface area contributed by atoms with Gasteiger partial charge in [0.05, 0.1) is 11.4 Å². The van der Waals surface area contributed by atoms with E-state index in [0.717, 1.165) is 72.3 Å². The van der Waals surface area contributed by atoms with Crippen LogP contribution < -0.4 is 0 Å². The number of aromatic nitrogens is 2. The number of nitrogens with zero attached hydrogens (tertiary/aromatic N) is 2. The Labute approximate surface area is 249 Å². The van der Waals surface area contributed by atoms with Crippen molar-refractivity contribution in [3.05, 3.63) is 158 Å². The highest BCUT2D eigenvalue weighted by molar-refractivity contribution is 6.05. The van der Waals surface area contributed by atoms with Crippen LogP contribution in [0.3, 0.4) is 0 Å². The summed E-state index contributed by atoms with van der Waals surface area (Å²) < 4.78 is 6.23. The lowest BCUT2D eigenvalue weighted by molar-refractivity contribution is 0.669. The molecule has 0 spiro atoms. The molecule has 0 bridgehead atoms. The van der Waals surface area contributed by atoms with E-state index in [9.17, 15) is 0 Å². The molecule has 0 N–H and O–H groups in total. The van der Waals surface area contributed by atoms with E-state index < -0.39 is 0 Å². The molecule has 6 aromatic carbocycles. The maximum Gasteiger partial charge on any atom is 0.160 e. The van der Waals surface area contributed by atoms with Gasteiger partial charge in [-0.05, 0) is 64.7 Å². The largest absolute Gasteiger partial charge is 0.456 e. The van der Waals surface area contributed by atoms with Gasteiger partial charge in [0.15, 0.2) is 5.82 Å². The summed E-state index contributed by atoms with van der Waals surface area (Å²) >= 11 is 0. The number of benzene rings is 6. The van der Waals surface area contributed by atoms with Gasteiger partial charge in [-0.25, -0.2) is 9.97 Å². The minimum Gasteiger partial charge on any atom is -0.456 e. The molecule has 0 aliphatic carbocycles. The first-order valence-corrected chi connectivity index (χ1v) is 14.4. The average molecular weight is 551 g/mol. The second-order valence-electron chi connectivity index (χ2n) is 10.7. The molecule has 202 valence electrons. The zero-order valence-corrected chi connectivity index (χ0v) is 23.3. The number of para-hydroxylation sites is 1. The van der Waals surface area contributed by atoms with Crippen LogP contribution in [0.1, 0.15) is 0 Å². The fourth-order valence-corrected chi connectivity index (χ4v) is 5.71. The normalized spacial score (nSPS) is 11.3. The van der Waals surface area contributed by atoms with Crippen molar-refractivity contribution in [2.75, 3.05) is 0 Å². The molecule has 0 fully saturated rings. The standard InChI is InChI=1S/C40H26N2O/c1-4-12-27(13-5-1)31-22-32(28-14-6-2-7-15-28)24-33(23-31)37-26-36(41-40(42-37)29-16-8-3-9-17-29)30-20-21-35-34-18-10-11-19-38(34)43-39(35)25-30/h1-26H. The van der Waals surface area contributed by atoms with Crippen LogP contribution in [0.5, 0.6) is 0 Å².